The lowest BCUT2D eigenvalue weighted by Crippen LogP contribution is -2.20. The molecule has 0 aliphatic carbocycles. The number of anilines is 1. The summed E-state index contributed by atoms with van der Waals surface area (Å²) in [5, 5.41) is 2.42. The Morgan fingerprint density at radius 1 is 1.00 bits per heavy atom. The van der Waals surface area contributed by atoms with Crippen molar-refractivity contribution in [1.29, 1.82) is 0 Å². The quantitative estimate of drug-likeness (QED) is 0.740. The van der Waals surface area contributed by atoms with Crippen LogP contribution in [0.3, 0.4) is 0 Å². The topological polar surface area (TPSA) is 111 Å². The van der Waals surface area contributed by atoms with Gasteiger partial charge in [-0.05, 0) is 30.3 Å². The molecule has 0 aliphatic heterocycles. The van der Waals surface area contributed by atoms with Gasteiger partial charge in [0, 0.05) is 7.05 Å². The number of ether oxygens (including phenoxy) is 2. The van der Waals surface area contributed by atoms with Gasteiger partial charge in [-0.15, -0.1) is 0 Å². The van der Waals surface area contributed by atoms with Gasteiger partial charge in [0.25, 0.3) is 15.9 Å². The van der Waals surface area contributed by atoms with Gasteiger partial charge in [0.2, 0.25) is 0 Å². The first-order valence-electron chi connectivity index (χ1n) is 7.44. The second-order valence-electron chi connectivity index (χ2n) is 5.08. The molecule has 0 aromatic heterocycles. The summed E-state index contributed by atoms with van der Waals surface area (Å²) < 4.78 is 37.5. The number of carbonyl (C=O) groups is 2. The van der Waals surface area contributed by atoms with E-state index in [2.05, 4.69) is 14.8 Å². The summed E-state index contributed by atoms with van der Waals surface area (Å²) in [6, 6.07) is 9.91. The van der Waals surface area contributed by atoms with E-state index in [9.17, 15) is 18.0 Å². The summed E-state index contributed by atoms with van der Waals surface area (Å²) in [7, 11) is -0.0588. The highest BCUT2D eigenvalue weighted by atomic mass is 32.2. The van der Waals surface area contributed by atoms with Gasteiger partial charge in [-0.2, -0.15) is 0 Å². The van der Waals surface area contributed by atoms with Crippen LogP contribution in [0.2, 0.25) is 0 Å². The lowest BCUT2D eigenvalue weighted by atomic mass is 10.2. The van der Waals surface area contributed by atoms with E-state index in [1.165, 1.54) is 51.6 Å². The molecule has 9 heteroatoms. The normalized spacial score (nSPS) is 10.7. The summed E-state index contributed by atoms with van der Waals surface area (Å²) in [5.74, 6) is -0.934. The van der Waals surface area contributed by atoms with Crippen LogP contribution >= 0.6 is 0 Å². The lowest BCUT2D eigenvalue weighted by Gasteiger charge is -2.13. The fraction of sp³-hybridized carbons (Fsp3) is 0.176. The zero-order valence-corrected chi connectivity index (χ0v) is 15.2. The maximum absolute atomic E-state index is 12.7. The molecule has 0 bridgehead atoms. The van der Waals surface area contributed by atoms with Crippen molar-refractivity contribution in [3.63, 3.8) is 0 Å². The molecule has 0 atom stereocenters. The van der Waals surface area contributed by atoms with Crippen LogP contribution in [0.1, 0.15) is 20.7 Å². The highest BCUT2D eigenvalue weighted by Crippen LogP contribution is 2.25. The second kappa shape index (κ2) is 7.87. The molecule has 2 N–H and O–H groups in total. The maximum atomic E-state index is 12.7. The second-order valence-corrected chi connectivity index (χ2v) is 6.77. The molecule has 8 nitrogen and oxygen atoms in total. The Balaban J connectivity index is 2.46. The molecule has 2 rings (SSSR count). The van der Waals surface area contributed by atoms with E-state index >= 15 is 0 Å². The first kappa shape index (κ1) is 19.3. The van der Waals surface area contributed by atoms with E-state index in [4.69, 9.17) is 4.74 Å². The Hall–Kier alpha value is -3.07. The SMILES string of the molecule is CNC(=O)c1cc(S(=O)(=O)Nc2ccccc2C(=O)OC)ccc1OC. The van der Waals surface area contributed by atoms with Crippen molar-refractivity contribution in [2.75, 3.05) is 26.0 Å². The highest BCUT2D eigenvalue weighted by Gasteiger charge is 2.22. The third-order valence-corrected chi connectivity index (χ3v) is 4.89. The number of carbonyl (C=O) groups excluding carboxylic acids is 2. The van der Waals surface area contributed by atoms with Gasteiger partial charge in [-0.1, -0.05) is 12.1 Å². The van der Waals surface area contributed by atoms with Crippen LogP contribution in [-0.4, -0.2) is 41.6 Å². The molecule has 0 fully saturated rings. The average molecular weight is 378 g/mol. The number of hydrogen-bond donors (Lipinski definition) is 2. The molecule has 2 aromatic carbocycles. The molecule has 0 spiro atoms. The van der Waals surface area contributed by atoms with E-state index < -0.39 is 21.9 Å². The van der Waals surface area contributed by atoms with Crippen molar-refractivity contribution in [2.24, 2.45) is 0 Å². The van der Waals surface area contributed by atoms with Gasteiger partial charge in [0.1, 0.15) is 5.75 Å². The summed E-state index contributed by atoms with van der Waals surface area (Å²) in [4.78, 5) is 23.6. The monoisotopic (exact) mass is 378 g/mol. The third kappa shape index (κ3) is 3.94. The molecule has 0 aliphatic rings. The predicted octanol–water partition coefficient (Wildman–Crippen LogP) is 1.64. The average Bonchev–Trinajstić information content (AvgIpc) is 2.66. The van der Waals surface area contributed by atoms with Gasteiger partial charge in [0.15, 0.2) is 0 Å². The van der Waals surface area contributed by atoms with Crippen LogP contribution in [0.5, 0.6) is 5.75 Å². The Kier molecular flexibility index (Phi) is 5.83. The minimum absolute atomic E-state index is 0.0664. The minimum atomic E-state index is -4.06. The first-order chi connectivity index (χ1) is 12.3. The predicted molar refractivity (Wildman–Crippen MR) is 95.0 cm³/mol. The molecule has 1 amide bonds. The molecular weight excluding hydrogens is 360 g/mol. The zero-order chi connectivity index (χ0) is 19.3. The first-order valence-corrected chi connectivity index (χ1v) is 8.92. The number of hydrogen-bond acceptors (Lipinski definition) is 6. The van der Waals surface area contributed by atoms with Gasteiger partial charge < -0.3 is 14.8 Å². The standard InChI is InChI=1S/C17H18N2O6S/c1-18-16(20)13-10-11(8-9-15(13)24-2)26(22,23)19-14-7-5-4-6-12(14)17(21)25-3/h4-10,19H,1-3H3,(H,18,20). The van der Waals surface area contributed by atoms with Crippen molar-refractivity contribution >= 4 is 27.6 Å². The van der Waals surface area contributed by atoms with E-state index in [0.29, 0.717) is 0 Å². The van der Waals surface area contributed by atoms with Crippen molar-refractivity contribution in [3.8, 4) is 5.75 Å². The number of esters is 1. The zero-order valence-electron chi connectivity index (χ0n) is 14.4. The Bertz CT molecular complexity index is 940. The molecular formula is C17H18N2O6S. The number of rotatable bonds is 6. The largest absolute Gasteiger partial charge is 0.496 e. The molecule has 138 valence electrons. The summed E-state index contributed by atoms with van der Waals surface area (Å²) >= 11 is 0. The van der Waals surface area contributed by atoms with Crippen molar-refractivity contribution < 1.29 is 27.5 Å². The van der Waals surface area contributed by atoms with Crippen molar-refractivity contribution in [2.45, 2.75) is 4.90 Å². The highest BCUT2D eigenvalue weighted by molar-refractivity contribution is 7.92. The number of para-hydroxylation sites is 1. The molecule has 2 aromatic rings. The molecule has 0 saturated heterocycles. The molecule has 0 heterocycles. The molecule has 0 radical (unpaired) electrons. The fourth-order valence-corrected chi connectivity index (χ4v) is 3.34. The van der Waals surface area contributed by atoms with Crippen LogP contribution in [0.15, 0.2) is 47.4 Å². The minimum Gasteiger partial charge on any atom is -0.496 e. The summed E-state index contributed by atoms with van der Waals surface area (Å²) in [6.45, 7) is 0. The number of nitrogens with one attached hydrogen (secondary N) is 2. The van der Waals surface area contributed by atoms with Crippen LogP contribution in [0.25, 0.3) is 0 Å². The van der Waals surface area contributed by atoms with E-state index in [-0.39, 0.29) is 27.5 Å². The fourth-order valence-electron chi connectivity index (χ4n) is 2.23. The number of sulfonamides is 1. The van der Waals surface area contributed by atoms with Crippen molar-refractivity contribution in [3.05, 3.63) is 53.6 Å². The smallest absolute Gasteiger partial charge is 0.339 e. The van der Waals surface area contributed by atoms with E-state index in [1.54, 1.807) is 12.1 Å². The molecule has 26 heavy (non-hydrogen) atoms. The summed E-state index contributed by atoms with van der Waals surface area (Å²) in [5.41, 5.74) is 0.203. The Labute approximate surface area is 151 Å². The van der Waals surface area contributed by atoms with Crippen LogP contribution in [-0.2, 0) is 14.8 Å². The van der Waals surface area contributed by atoms with Crippen LogP contribution in [0.4, 0.5) is 5.69 Å². The Morgan fingerprint density at radius 2 is 1.69 bits per heavy atom. The number of methoxy groups -OCH3 is 2. The van der Waals surface area contributed by atoms with Crippen LogP contribution in [0, 0.1) is 0 Å². The van der Waals surface area contributed by atoms with Gasteiger partial charge in [-0.25, -0.2) is 13.2 Å². The summed E-state index contributed by atoms with van der Waals surface area (Å²) in [6.07, 6.45) is 0. The molecule has 0 unspecified atom stereocenters. The van der Waals surface area contributed by atoms with E-state index in [0.717, 1.165) is 0 Å². The number of benzene rings is 2. The third-order valence-electron chi connectivity index (χ3n) is 3.53. The molecule has 0 saturated carbocycles. The maximum Gasteiger partial charge on any atom is 0.339 e. The van der Waals surface area contributed by atoms with Gasteiger partial charge in [-0.3, -0.25) is 9.52 Å². The van der Waals surface area contributed by atoms with Crippen LogP contribution < -0.4 is 14.8 Å². The van der Waals surface area contributed by atoms with Gasteiger partial charge in [0.05, 0.1) is 35.9 Å². The Morgan fingerprint density at radius 3 is 2.31 bits per heavy atom. The number of amides is 1. The van der Waals surface area contributed by atoms with Crippen molar-refractivity contribution in [1.82, 2.24) is 5.32 Å². The van der Waals surface area contributed by atoms with Gasteiger partial charge >= 0.3 is 5.97 Å². The lowest BCUT2D eigenvalue weighted by molar-refractivity contribution is 0.0601. The van der Waals surface area contributed by atoms with E-state index in [1.807, 2.05) is 0 Å².